The molecule has 0 saturated carbocycles. The number of rotatable bonds is 4. The van der Waals surface area contributed by atoms with E-state index < -0.39 is 12.0 Å². The average Bonchev–Trinajstić information content (AvgIpc) is 2.10. The summed E-state index contributed by atoms with van der Waals surface area (Å²) in [5.74, 6) is -1.40. The zero-order valence-electron chi connectivity index (χ0n) is 12.1. The molecule has 1 heterocycles. The molecule has 5 nitrogen and oxygen atoms in total. The van der Waals surface area contributed by atoms with Crippen LogP contribution in [0.3, 0.4) is 0 Å². The molecule has 0 aliphatic carbocycles. The molecular formula is C14H23NO4. The van der Waals surface area contributed by atoms with Gasteiger partial charge in [-0.2, -0.15) is 0 Å². The zero-order chi connectivity index (χ0) is 14.8. The van der Waals surface area contributed by atoms with Crippen LogP contribution in [0.15, 0.2) is 0 Å². The Kier molecular flexibility index (Phi) is 4.71. The monoisotopic (exact) mass is 269 g/mol. The van der Waals surface area contributed by atoms with Crippen LogP contribution < -0.4 is 0 Å². The van der Waals surface area contributed by atoms with E-state index in [4.69, 9.17) is 5.11 Å². The number of imide groups is 1. The molecule has 0 spiro atoms. The largest absolute Gasteiger partial charge is 0.481 e. The maximum Gasteiger partial charge on any atom is 0.305 e. The highest BCUT2D eigenvalue weighted by molar-refractivity contribution is 5.98. The standard InChI is InChI=1S/C14H23NO4/c1-9-5-11(16)15(12(17)6-9)10(7-13(18)19)8-14(2,3)4/h9-10H,5-8H2,1-4H3,(H,18,19). The second-order valence-electron chi connectivity index (χ2n) is 6.69. The van der Waals surface area contributed by atoms with Crippen LogP contribution in [-0.4, -0.2) is 33.8 Å². The van der Waals surface area contributed by atoms with Crippen LogP contribution in [0.2, 0.25) is 0 Å². The Balaban J connectivity index is 2.92. The van der Waals surface area contributed by atoms with Crippen LogP contribution in [-0.2, 0) is 14.4 Å². The Morgan fingerprint density at radius 1 is 1.32 bits per heavy atom. The number of carbonyl (C=O) groups is 3. The van der Waals surface area contributed by atoms with E-state index in [-0.39, 0.29) is 29.6 Å². The van der Waals surface area contributed by atoms with Crippen molar-refractivity contribution in [3.05, 3.63) is 0 Å². The number of hydrogen-bond acceptors (Lipinski definition) is 3. The molecule has 19 heavy (non-hydrogen) atoms. The van der Waals surface area contributed by atoms with Gasteiger partial charge in [-0.25, -0.2) is 0 Å². The number of carbonyl (C=O) groups excluding carboxylic acids is 2. The van der Waals surface area contributed by atoms with E-state index >= 15 is 0 Å². The van der Waals surface area contributed by atoms with Gasteiger partial charge in [0.1, 0.15) is 0 Å². The lowest BCUT2D eigenvalue weighted by atomic mass is 9.85. The second-order valence-corrected chi connectivity index (χ2v) is 6.69. The fourth-order valence-electron chi connectivity index (χ4n) is 2.57. The van der Waals surface area contributed by atoms with Crippen molar-refractivity contribution >= 4 is 17.8 Å². The Bertz CT molecular complexity index is 365. The lowest BCUT2D eigenvalue weighted by molar-refractivity contribution is -0.154. The first-order valence-electron chi connectivity index (χ1n) is 6.67. The molecule has 2 amide bonds. The van der Waals surface area contributed by atoms with Gasteiger partial charge in [-0.05, 0) is 17.8 Å². The fourth-order valence-corrected chi connectivity index (χ4v) is 2.57. The molecule has 0 aromatic rings. The Labute approximate surface area is 114 Å². The summed E-state index contributed by atoms with van der Waals surface area (Å²) in [6.45, 7) is 7.79. The Hall–Kier alpha value is -1.39. The van der Waals surface area contributed by atoms with Crippen LogP contribution in [0.5, 0.6) is 0 Å². The van der Waals surface area contributed by atoms with E-state index in [0.29, 0.717) is 19.3 Å². The molecule has 1 unspecified atom stereocenters. The van der Waals surface area contributed by atoms with E-state index in [1.807, 2.05) is 27.7 Å². The molecule has 1 saturated heterocycles. The van der Waals surface area contributed by atoms with Gasteiger partial charge in [0.05, 0.1) is 12.5 Å². The van der Waals surface area contributed by atoms with Crippen molar-refractivity contribution in [1.29, 1.82) is 0 Å². The van der Waals surface area contributed by atoms with Crippen molar-refractivity contribution in [3.8, 4) is 0 Å². The first-order chi connectivity index (χ1) is 8.60. The topological polar surface area (TPSA) is 74.7 Å². The van der Waals surface area contributed by atoms with E-state index in [9.17, 15) is 14.4 Å². The van der Waals surface area contributed by atoms with Crippen LogP contribution >= 0.6 is 0 Å². The summed E-state index contributed by atoms with van der Waals surface area (Å²) in [5, 5.41) is 8.99. The van der Waals surface area contributed by atoms with Crippen molar-refractivity contribution in [3.63, 3.8) is 0 Å². The minimum absolute atomic E-state index is 0.0522. The lowest BCUT2D eigenvalue weighted by Gasteiger charge is -2.37. The molecule has 1 atom stereocenters. The third kappa shape index (κ3) is 4.65. The first kappa shape index (κ1) is 15.7. The van der Waals surface area contributed by atoms with E-state index in [0.717, 1.165) is 0 Å². The molecule has 1 aliphatic rings. The molecule has 0 aromatic carbocycles. The molecule has 1 aliphatic heterocycles. The molecule has 1 rings (SSSR count). The summed E-state index contributed by atoms with van der Waals surface area (Å²) >= 11 is 0. The minimum Gasteiger partial charge on any atom is -0.481 e. The van der Waals surface area contributed by atoms with Crippen molar-refractivity contribution in [2.24, 2.45) is 11.3 Å². The third-order valence-electron chi connectivity index (χ3n) is 3.21. The van der Waals surface area contributed by atoms with Gasteiger partial charge in [0.2, 0.25) is 11.8 Å². The smallest absolute Gasteiger partial charge is 0.305 e. The van der Waals surface area contributed by atoms with Crippen LogP contribution in [0.25, 0.3) is 0 Å². The molecule has 5 heteroatoms. The average molecular weight is 269 g/mol. The number of carboxylic acids is 1. The summed E-state index contributed by atoms with van der Waals surface area (Å²) in [7, 11) is 0. The zero-order valence-corrected chi connectivity index (χ0v) is 12.1. The number of amides is 2. The van der Waals surface area contributed by atoms with Gasteiger partial charge in [0.15, 0.2) is 0 Å². The van der Waals surface area contributed by atoms with Gasteiger partial charge in [-0.3, -0.25) is 19.3 Å². The van der Waals surface area contributed by atoms with Gasteiger partial charge in [0.25, 0.3) is 0 Å². The number of piperidine rings is 1. The van der Waals surface area contributed by atoms with Gasteiger partial charge in [0, 0.05) is 12.8 Å². The summed E-state index contributed by atoms with van der Waals surface area (Å²) in [4.78, 5) is 36.2. The Morgan fingerprint density at radius 3 is 2.16 bits per heavy atom. The molecule has 0 radical (unpaired) electrons. The van der Waals surface area contributed by atoms with Crippen molar-refractivity contribution < 1.29 is 19.5 Å². The van der Waals surface area contributed by atoms with Gasteiger partial charge >= 0.3 is 5.97 Å². The summed E-state index contributed by atoms with van der Waals surface area (Å²) in [5.41, 5.74) is -0.135. The number of carboxylic acid groups (broad SMARTS) is 1. The molecule has 0 aromatic heterocycles. The molecular weight excluding hydrogens is 246 g/mol. The highest BCUT2D eigenvalue weighted by Gasteiger charge is 2.37. The highest BCUT2D eigenvalue weighted by atomic mass is 16.4. The van der Waals surface area contributed by atoms with Gasteiger partial charge < -0.3 is 5.11 Å². The first-order valence-corrected chi connectivity index (χ1v) is 6.67. The van der Waals surface area contributed by atoms with Crippen LogP contribution in [0.4, 0.5) is 0 Å². The van der Waals surface area contributed by atoms with Gasteiger partial charge in [-0.1, -0.05) is 27.7 Å². The maximum atomic E-state index is 12.0. The van der Waals surface area contributed by atoms with Crippen LogP contribution in [0, 0.1) is 11.3 Å². The quantitative estimate of drug-likeness (QED) is 0.793. The number of aliphatic carboxylic acids is 1. The van der Waals surface area contributed by atoms with Gasteiger partial charge in [-0.15, -0.1) is 0 Å². The number of hydrogen-bond donors (Lipinski definition) is 1. The minimum atomic E-state index is -0.978. The van der Waals surface area contributed by atoms with E-state index in [1.165, 1.54) is 4.90 Å². The maximum absolute atomic E-state index is 12.0. The summed E-state index contributed by atoms with van der Waals surface area (Å²) in [6.07, 6.45) is 0.978. The van der Waals surface area contributed by atoms with Crippen molar-refractivity contribution in [2.75, 3.05) is 0 Å². The predicted molar refractivity (Wildman–Crippen MR) is 70.4 cm³/mol. The van der Waals surface area contributed by atoms with Crippen molar-refractivity contribution in [1.82, 2.24) is 4.90 Å². The molecule has 1 fully saturated rings. The number of nitrogens with zero attached hydrogens (tertiary/aromatic N) is 1. The van der Waals surface area contributed by atoms with Crippen molar-refractivity contribution in [2.45, 2.75) is 59.4 Å². The van der Waals surface area contributed by atoms with Crippen LogP contribution in [0.1, 0.15) is 53.4 Å². The Morgan fingerprint density at radius 2 is 1.79 bits per heavy atom. The normalized spacial score (nSPS) is 19.7. The third-order valence-corrected chi connectivity index (χ3v) is 3.21. The van der Waals surface area contributed by atoms with E-state index in [2.05, 4.69) is 0 Å². The molecule has 1 N–H and O–H groups in total. The SMILES string of the molecule is CC1CC(=O)N(C(CC(=O)O)CC(C)(C)C)C(=O)C1. The summed E-state index contributed by atoms with van der Waals surface area (Å²) in [6, 6.07) is -0.537. The predicted octanol–water partition coefficient (Wildman–Crippen LogP) is 2.05. The summed E-state index contributed by atoms with van der Waals surface area (Å²) < 4.78 is 0. The highest BCUT2D eigenvalue weighted by Crippen LogP contribution is 2.29. The lowest BCUT2D eigenvalue weighted by Crippen LogP contribution is -2.50. The fraction of sp³-hybridized carbons (Fsp3) is 0.786. The number of likely N-dealkylation sites (tertiary alicyclic amines) is 1. The second kappa shape index (κ2) is 5.72. The van der Waals surface area contributed by atoms with E-state index in [1.54, 1.807) is 0 Å². The molecule has 0 bridgehead atoms. The molecule has 108 valence electrons.